The molecule has 2 atom stereocenters. The summed E-state index contributed by atoms with van der Waals surface area (Å²) in [6, 6.07) is 16.6. The van der Waals surface area contributed by atoms with Crippen LogP contribution in [0.4, 0.5) is 0 Å². The molecule has 0 amide bonds. The van der Waals surface area contributed by atoms with Gasteiger partial charge in [-0.2, -0.15) is 0 Å². The van der Waals surface area contributed by atoms with E-state index in [1.165, 1.54) is 5.56 Å². The van der Waals surface area contributed by atoms with Gasteiger partial charge in [-0.25, -0.2) is 4.79 Å². The van der Waals surface area contributed by atoms with Crippen LogP contribution in [0.1, 0.15) is 47.9 Å². The maximum absolute atomic E-state index is 13.2. The number of likely N-dealkylation sites (tertiary alicyclic amines) is 1. The van der Waals surface area contributed by atoms with E-state index in [0.717, 1.165) is 42.6 Å². The fourth-order valence-electron chi connectivity index (χ4n) is 4.90. The molecule has 30 heavy (non-hydrogen) atoms. The largest absolute Gasteiger partial charge is 0.462 e. The third-order valence-electron chi connectivity index (χ3n) is 6.36. The number of piperidine rings is 1. The van der Waals surface area contributed by atoms with Crippen molar-refractivity contribution < 1.29 is 18.8 Å². The summed E-state index contributed by atoms with van der Waals surface area (Å²) in [5.41, 5.74) is 4.72. The maximum atomic E-state index is 13.2. The minimum Gasteiger partial charge on any atom is -0.462 e. The molecule has 160 valence electrons. The molecule has 1 heterocycles. The van der Waals surface area contributed by atoms with E-state index in [1.54, 1.807) is 0 Å². The maximum Gasteiger partial charge on any atom is 0.361 e. The lowest BCUT2D eigenvalue weighted by atomic mass is 9.88. The number of ether oxygens (including phenoxy) is 1. The molecule has 0 N–H and O–H groups in total. The lowest BCUT2D eigenvalue weighted by molar-refractivity contribution is -0.919. The van der Waals surface area contributed by atoms with Gasteiger partial charge in [0, 0.05) is 12.3 Å². The first-order chi connectivity index (χ1) is 14.4. The number of carbonyl (C=O) groups excluding carboxylic acids is 2. The van der Waals surface area contributed by atoms with E-state index in [9.17, 15) is 9.59 Å². The Morgan fingerprint density at radius 1 is 1.00 bits per heavy atom. The second-order valence-corrected chi connectivity index (χ2v) is 8.70. The molecule has 1 aliphatic rings. The van der Waals surface area contributed by atoms with Crippen molar-refractivity contribution in [3.63, 3.8) is 0 Å². The normalized spacial score (nSPS) is 21.2. The van der Waals surface area contributed by atoms with E-state index < -0.39 is 0 Å². The molecule has 1 aliphatic heterocycles. The first-order valence-corrected chi connectivity index (χ1v) is 11.0. The van der Waals surface area contributed by atoms with Crippen LogP contribution < -0.4 is 0 Å². The highest BCUT2D eigenvalue weighted by Crippen LogP contribution is 2.31. The average Bonchev–Trinajstić information content (AvgIpc) is 2.71. The molecular weight excluding hydrogens is 374 g/mol. The summed E-state index contributed by atoms with van der Waals surface area (Å²) in [6.45, 7) is 8.64. The summed E-state index contributed by atoms with van der Waals surface area (Å²) in [4.78, 5) is 25.7. The Labute approximate surface area is 180 Å². The number of Topliss-reactive ketones (excluding diaryl/α,β-unsaturated/α-hetero) is 1. The molecule has 4 heteroatoms. The number of hydrogen-bond donors (Lipinski definition) is 0. The smallest absolute Gasteiger partial charge is 0.361 e. The van der Waals surface area contributed by atoms with Gasteiger partial charge >= 0.3 is 5.97 Å². The van der Waals surface area contributed by atoms with Gasteiger partial charge in [0.05, 0.1) is 19.7 Å². The molecule has 1 saturated heterocycles. The summed E-state index contributed by atoms with van der Waals surface area (Å²) in [5.74, 6) is 0.360. The number of hydrogen-bond acceptors (Lipinski definition) is 3. The van der Waals surface area contributed by atoms with Gasteiger partial charge in [-0.1, -0.05) is 48.5 Å². The Morgan fingerprint density at radius 2 is 1.70 bits per heavy atom. The van der Waals surface area contributed by atoms with E-state index in [0.29, 0.717) is 30.0 Å². The molecule has 1 fully saturated rings. The number of nitrogens with zero attached hydrogens (tertiary/aromatic N) is 1. The molecule has 0 aliphatic carbocycles. The Hall–Kier alpha value is -2.46. The van der Waals surface area contributed by atoms with Gasteiger partial charge in [0.25, 0.3) is 0 Å². The van der Waals surface area contributed by atoms with Crippen molar-refractivity contribution >= 4 is 11.8 Å². The second-order valence-electron chi connectivity index (χ2n) is 8.70. The van der Waals surface area contributed by atoms with Gasteiger partial charge < -0.3 is 9.22 Å². The molecule has 3 rings (SSSR count). The summed E-state index contributed by atoms with van der Waals surface area (Å²) in [6.07, 6.45) is 2.53. The molecule has 2 aromatic rings. The lowest BCUT2D eigenvalue weighted by Crippen LogP contribution is -2.58. The van der Waals surface area contributed by atoms with E-state index in [4.69, 9.17) is 4.74 Å². The van der Waals surface area contributed by atoms with Crippen molar-refractivity contribution in [1.29, 1.82) is 0 Å². The minimum atomic E-state index is -0.203. The molecule has 0 saturated carbocycles. The predicted molar refractivity (Wildman–Crippen MR) is 119 cm³/mol. The van der Waals surface area contributed by atoms with Gasteiger partial charge in [-0.05, 0) is 55.9 Å². The highest BCUT2D eigenvalue weighted by atomic mass is 16.5. The zero-order valence-corrected chi connectivity index (χ0v) is 18.5. The van der Waals surface area contributed by atoms with Gasteiger partial charge in [-0.3, -0.25) is 4.79 Å². The van der Waals surface area contributed by atoms with Crippen LogP contribution in [0, 0.1) is 13.8 Å². The zero-order valence-electron chi connectivity index (χ0n) is 18.5. The van der Waals surface area contributed by atoms with Crippen LogP contribution in [0.25, 0.3) is 0 Å². The topological polar surface area (TPSA) is 43.4 Å². The van der Waals surface area contributed by atoms with Crippen LogP contribution in [0.3, 0.4) is 0 Å². The minimum absolute atomic E-state index is 0.199. The summed E-state index contributed by atoms with van der Waals surface area (Å²) >= 11 is 0. The van der Waals surface area contributed by atoms with Gasteiger partial charge in [0.15, 0.2) is 12.3 Å². The Kier molecular flexibility index (Phi) is 7.43. The third kappa shape index (κ3) is 5.57. The van der Waals surface area contributed by atoms with Gasteiger partial charge in [0.2, 0.25) is 0 Å². The predicted octanol–water partition coefficient (Wildman–Crippen LogP) is 4.37. The Balaban J connectivity index is 1.81. The van der Waals surface area contributed by atoms with Crippen molar-refractivity contribution in [1.82, 2.24) is 0 Å². The van der Waals surface area contributed by atoms with Crippen LogP contribution in [-0.4, -0.2) is 49.0 Å². The number of esters is 1. The number of rotatable bonds is 8. The third-order valence-corrected chi connectivity index (χ3v) is 6.36. The highest BCUT2D eigenvalue weighted by Gasteiger charge is 2.39. The molecule has 0 aromatic heterocycles. The van der Waals surface area contributed by atoms with E-state index in [1.807, 2.05) is 19.1 Å². The monoisotopic (exact) mass is 408 g/mol. The Bertz CT molecular complexity index is 857. The van der Waals surface area contributed by atoms with E-state index in [2.05, 4.69) is 50.2 Å². The summed E-state index contributed by atoms with van der Waals surface area (Å²) in [5, 5.41) is 0. The average molecular weight is 409 g/mol. The van der Waals surface area contributed by atoms with E-state index in [-0.39, 0.29) is 18.3 Å². The lowest BCUT2D eigenvalue weighted by Gasteiger charge is -2.43. The quantitative estimate of drug-likeness (QED) is 0.481. The molecule has 4 nitrogen and oxygen atoms in total. The molecule has 0 radical (unpaired) electrons. The SMILES string of the molecule is CCOC(=O)C[N+]1(CC(=O)Cc2c(C)cccc2C)CCCC(c2ccccc2)C1. The second kappa shape index (κ2) is 10.0. The number of benzene rings is 2. The fraction of sp³-hybridized carbons (Fsp3) is 0.462. The molecule has 0 spiro atoms. The molecule has 2 aromatic carbocycles. The number of aryl methyl sites for hydroxylation is 2. The molecule has 0 bridgehead atoms. The van der Waals surface area contributed by atoms with Crippen molar-refractivity contribution in [2.45, 2.75) is 46.0 Å². The summed E-state index contributed by atoms with van der Waals surface area (Å²) < 4.78 is 5.78. The van der Waals surface area contributed by atoms with Crippen molar-refractivity contribution in [2.75, 3.05) is 32.8 Å². The fourth-order valence-corrected chi connectivity index (χ4v) is 4.90. The highest BCUT2D eigenvalue weighted by molar-refractivity contribution is 5.83. The van der Waals surface area contributed by atoms with Gasteiger partial charge in [-0.15, -0.1) is 0 Å². The number of ketones is 1. The zero-order chi connectivity index (χ0) is 21.6. The summed E-state index contributed by atoms with van der Waals surface area (Å²) in [7, 11) is 0. The van der Waals surface area contributed by atoms with Crippen LogP contribution in [0.5, 0.6) is 0 Å². The number of carbonyl (C=O) groups is 2. The standard InChI is InChI=1S/C26H34NO3/c1-4-30-26(29)19-27(15-9-14-23(17-27)22-12-6-5-7-13-22)18-24(28)16-25-20(2)10-8-11-21(25)3/h5-8,10-13,23H,4,9,14-19H2,1-3H3/q+1. The van der Waals surface area contributed by atoms with Crippen molar-refractivity contribution in [3.05, 3.63) is 70.8 Å². The number of quaternary nitrogens is 1. The first kappa shape index (κ1) is 22.2. The van der Waals surface area contributed by atoms with Crippen LogP contribution in [0.15, 0.2) is 48.5 Å². The van der Waals surface area contributed by atoms with E-state index >= 15 is 0 Å². The van der Waals surface area contributed by atoms with Crippen LogP contribution in [0.2, 0.25) is 0 Å². The molecule has 2 unspecified atom stereocenters. The van der Waals surface area contributed by atoms with Crippen molar-refractivity contribution in [2.24, 2.45) is 0 Å². The van der Waals surface area contributed by atoms with Crippen LogP contribution >= 0.6 is 0 Å². The Morgan fingerprint density at radius 3 is 2.37 bits per heavy atom. The van der Waals surface area contributed by atoms with Crippen molar-refractivity contribution in [3.8, 4) is 0 Å². The van der Waals surface area contributed by atoms with Crippen LogP contribution in [-0.2, 0) is 20.7 Å². The molecular formula is C26H34NO3+. The first-order valence-electron chi connectivity index (χ1n) is 11.0. The van der Waals surface area contributed by atoms with Gasteiger partial charge in [0.1, 0.15) is 6.54 Å².